The van der Waals surface area contributed by atoms with E-state index in [9.17, 15) is 9.59 Å². The van der Waals surface area contributed by atoms with Crippen LogP contribution < -0.4 is 20.3 Å². The minimum Gasteiger partial charge on any atom is -0.497 e. The van der Waals surface area contributed by atoms with Gasteiger partial charge in [-0.3, -0.25) is 14.0 Å². The van der Waals surface area contributed by atoms with E-state index >= 15 is 0 Å². The average molecular weight is 442 g/mol. The Morgan fingerprint density at radius 1 is 1.23 bits per heavy atom. The number of amides is 1. The van der Waals surface area contributed by atoms with Crippen LogP contribution >= 0.6 is 22.9 Å². The monoisotopic (exact) mass is 441 g/mol. The van der Waals surface area contributed by atoms with E-state index in [2.05, 4.69) is 10.3 Å². The maximum Gasteiger partial charge on any atom is 0.258 e. The van der Waals surface area contributed by atoms with Gasteiger partial charge < -0.3 is 14.8 Å². The Balaban J connectivity index is 1.55. The van der Waals surface area contributed by atoms with Crippen LogP contribution in [0.3, 0.4) is 0 Å². The van der Waals surface area contributed by atoms with Gasteiger partial charge >= 0.3 is 0 Å². The summed E-state index contributed by atoms with van der Waals surface area (Å²) in [5, 5.41) is 5.04. The molecule has 4 rings (SSSR count). The van der Waals surface area contributed by atoms with Gasteiger partial charge in [0.05, 0.1) is 18.5 Å². The summed E-state index contributed by atoms with van der Waals surface area (Å²) in [5.41, 5.74) is 1.15. The summed E-state index contributed by atoms with van der Waals surface area (Å²) in [7, 11) is 1.54. The standard InChI is InChI=1S/C21H16ClN3O4S/c1-28-16-4-2-3-13(9-16)20(27)24-17-10-14(22)5-6-18(17)29-12-15-11-19(26)25-7-8-30-21(25)23-15/h2-11H,12H2,1H3,(H,24,27). The second-order valence-corrected chi connectivity index (χ2v) is 7.57. The van der Waals surface area contributed by atoms with E-state index in [0.29, 0.717) is 38.4 Å². The van der Waals surface area contributed by atoms with Crippen LogP contribution in [0.4, 0.5) is 5.69 Å². The molecule has 1 amide bonds. The zero-order chi connectivity index (χ0) is 21.1. The number of hydrogen-bond acceptors (Lipinski definition) is 6. The molecule has 0 aliphatic carbocycles. The number of fused-ring (bicyclic) bond motifs is 1. The van der Waals surface area contributed by atoms with Crippen molar-refractivity contribution in [3.05, 3.63) is 86.7 Å². The van der Waals surface area contributed by atoms with E-state index in [-0.39, 0.29) is 18.1 Å². The normalized spacial score (nSPS) is 10.7. The quantitative estimate of drug-likeness (QED) is 0.483. The summed E-state index contributed by atoms with van der Waals surface area (Å²) in [6, 6.07) is 13.1. The number of halogens is 1. The molecule has 0 radical (unpaired) electrons. The number of carbonyl (C=O) groups excluding carboxylic acids is 1. The molecule has 2 aromatic heterocycles. The van der Waals surface area contributed by atoms with Gasteiger partial charge in [-0.2, -0.15) is 0 Å². The van der Waals surface area contributed by atoms with Crippen molar-refractivity contribution < 1.29 is 14.3 Å². The van der Waals surface area contributed by atoms with Gasteiger partial charge in [0.2, 0.25) is 0 Å². The lowest BCUT2D eigenvalue weighted by Gasteiger charge is -2.13. The Kier molecular flexibility index (Phi) is 5.69. The number of nitrogens with zero attached hydrogens (tertiary/aromatic N) is 2. The summed E-state index contributed by atoms with van der Waals surface area (Å²) in [4.78, 5) is 29.8. The van der Waals surface area contributed by atoms with E-state index in [1.54, 1.807) is 54.0 Å². The number of hydrogen-bond donors (Lipinski definition) is 1. The van der Waals surface area contributed by atoms with Crippen molar-refractivity contribution in [3.63, 3.8) is 0 Å². The molecule has 0 saturated heterocycles. The van der Waals surface area contributed by atoms with Gasteiger partial charge in [0.1, 0.15) is 18.1 Å². The molecule has 1 N–H and O–H groups in total. The van der Waals surface area contributed by atoms with E-state index in [1.807, 2.05) is 0 Å². The highest BCUT2D eigenvalue weighted by atomic mass is 35.5. The molecule has 2 aromatic carbocycles. The molecule has 0 saturated carbocycles. The number of carbonyl (C=O) groups is 1. The predicted molar refractivity (Wildman–Crippen MR) is 116 cm³/mol. The number of aromatic nitrogens is 2. The van der Waals surface area contributed by atoms with Crippen LogP contribution in [0.25, 0.3) is 4.96 Å². The van der Waals surface area contributed by atoms with Crippen molar-refractivity contribution in [2.24, 2.45) is 0 Å². The molecule has 0 bridgehead atoms. The van der Waals surface area contributed by atoms with Gasteiger partial charge in [-0.05, 0) is 36.4 Å². The molecule has 0 aliphatic heterocycles. The van der Waals surface area contributed by atoms with Crippen LogP contribution in [0.5, 0.6) is 11.5 Å². The maximum atomic E-state index is 12.7. The largest absolute Gasteiger partial charge is 0.497 e. The van der Waals surface area contributed by atoms with Gasteiger partial charge in [-0.1, -0.05) is 17.7 Å². The van der Waals surface area contributed by atoms with Crippen molar-refractivity contribution in [2.45, 2.75) is 6.61 Å². The van der Waals surface area contributed by atoms with Gasteiger partial charge in [0, 0.05) is 28.2 Å². The number of methoxy groups -OCH3 is 1. The second-order valence-electron chi connectivity index (χ2n) is 6.26. The molecule has 9 heteroatoms. The van der Waals surface area contributed by atoms with Gasteiger partial charge in [-0.15, -0.1) is 11.3 Å². The number of benzene rings is 2. The van der Waals surface area contributed by atoms with Crippen molar-refractivity contribution in [1.82, 2.24) is 9.38 Å². The minimum absolute atomic E-state index is 0.0628. The Morgan fingerprint density at radius 2 is 2.10 bits per heavy atom. The molecule has 4 aromatic rings. The molecular weight excluding hydrogens is 426 g/mol. The van der Waals surface area contributed by atoms with E-state index in [0.717, 1.165) is 0 Å². The lowest BCUT2D eigenvalue weighted by atomic mass is 10.2. The van der Waals surface area contributed by atoms with Crippen LogP contribution in [0.15, 0.2) is 64.9 Å². The maximum absolute atomic E-state index is 12.7. The topological polar surface area (TPSA) is 81.9 Å². The molecule has 0 atom stereocenters. The van der Waals surface area contributed by atoms with Crippen molar-refractivity contribution in [2.75, 3.05) is 12.4 Å². The second kappa shape index (κ2) is 8.56. The molecule has 0 spiro atoms. The number of anilines is 1. The molecule has 0 fully saturated rings. The molecule has 2 heterocycles. The molecule has 30 heavy (non-hydrogen) atoms. The van der Waals surface area contributed by atoms with Crippen molar-refractivity contribution >= 4 is 39.5 Å². The zero-order valence-electron chi connectivity index (χ0n) is 15.8. The van der Waals surface area contributed by atoms with Crippen LogP contribution in [-0.2, 0) is 6.61 Å². The highest BCUT2D eigenvalue weighted by Gasteiger charge is 2.13. The van der Waals surface area contributed by atoms with E-state index in [4.69, 9.17) is 21.1 Å². The molecule has 152 valence electrons. The smallest absolute Gasteiger partial charge is 0.258 e. The summed E-state index contributed by atoms with van der Waals surface area (Å²) < 4.78 is 12.5. The average Bonchev–Trinajstić information content (AvgIpc) is 3.22. The SMILES string of the molecule is COc1cccc(C(=O)Nc2cc(Cl)ccc2OCc2cc(=O)n3ccsc3n2)c1. The van der Waals surface area contributed by atoms with Crippen LogP contribution in [0.2, 0.25) is 5.02 Å². The van der Waals surface area contributed by atoms with Crippen molar-refractivity contribution in [1.29, 1.82) is 0 Å². The van der Waals surface area contributed by atoms with E-state index in [1.165, 1.54) is 28.9 Å². The third-order valence-electron chi connectivity index (χ3n) is 4.25. The van der Waals surface area contributed by atoms with Gasteiger partial charge in [-0.25, -0.2) is 4.98 Å². The summed E-state index contributed by atoms with van der Waals surface area (Å²) in [5.74, 6) is 0.646. The van der Waals surface area contributed by atoms with Gasteiger partial charge in [0.25, 0.3) is 11.5 Å². The number of nitrogens with one attached hydrogen (secondary N) is 1. The first kappa shape index (κ1) is 19.9. The van der Waals surface area contributed by atoms with E-state index < -0.39 is 0 Å². The summed E-state index contributed by atoms with van der Waals surface area (Å²) >= 11 is 7.47. The Bertz CT molecular complexity index is 1280. The van der Waals surface area contributed by atoms with Crippen LogP contribution in [0.1, 0.15) is 16.1 Å². The summed E-state index contributed by atoms with van der Waals surface area (Å²) in [6.07, 6.45) is 1.67. The predicted octanol–water partition coefficient (Wildman–Crippen LogP) is 4.25. The molecule has 0 aliphatic rings. The first-order chi connectivity index (χ1) is 14.5. The van der Waals surface area contributed by atoms with Gasteiger partial charge in [0.15, 0.2) is 4.96 Å². The van der Waals surface area contributed by atoms with Crippen molar-refractivity contribution in [3.8, 4) is 11.5 Å². The number of ether oxygens (including phenoxy) is 2. The molecule has 0 unspecified atom stereocenters. The number of rotatable bonds is 6. The third-order valence-corrected chi connectivity index (χ3v) is 5.25. The van der Waals surface area contributed by atoms with Crippen LogP contribution in [-0.4, -0.2) is 22.4 Å². The summed E-state index contributed by atoms with van der Waals surface area (Å²) in [6.45, 7) is 0.0628. The fourth-order valence-corrected chi connectivity index (χ4v) is 3.71. The first-order valence-corrected chi connectivity index (χ1v) is 10.1. The lowest BCUT2D eigenvalue weighted by Crippen LogP contribution is -2.15. The first-order valence-electron chi connectivity index (χ1n) is 8.87. The molecular formula is C21H16ClN3O4S. The highest BCUT2D eigenvalue weighted by Crippen LogP contribution is 2.29. The Labute approximate surface area is 180 Å². The Hall–Kier alpha value is -3.36. The minimum atomic E-state index is -0.336. The Morgan fingerprint density at radius 3 is 2.93 bits per heavy atom. The number of thiazole rings is 1. The fourth-order valence-electron chi connectivity index (χ4n) is 2.80. The highest BCUT2D eigenvalue weighted by molar-refractivity contribution is 7.15. The van der Waals surface area contributed by atoms with Crippen LogP contribution in [0, 0.1) is 0 Å². The zero-order valence-corrected chi connectivity index (χ0v) is 17.4. The third kappa shape index (κ3) is 4.29. The fraction of sp³-hybridized carbons (Fsp3) is 0.0952. The lowest BCUT2D eigenvalue weighted by molar-refractivity contribution is 0.102. The molecule has 7 nitrogen and oxygen atoms in total.